The van der Waals surface area contributed by atoms with E-state index in [4.69, 9.17) is 16.1 Å². The number of hydrogen-bond donors (Lipinski definition) is 1. The van der Waals surface area contributed by atoms with E-state index in [1.165, 1.54) is 0 Å². The van der Waals surface area contributed by atoms with Gasteiger partial charge in [0.25, 0.3) is 5.89 Å². The van der Waals surface area contributed by atoms with Crippen LogP contribution in [0.15, 0.2) is 27.2 Å². The van der Waals surface area contributed by atoms with Crippen molar-refractivity contribution in [1.29, 1.82) is 0 Å². The highest BCUT2D eigenvalue weighted by atomic mass is 79.9. The number of likely N-dealkylation sites (N-methyl/N-ethyl adjacent to an activating group) is 1. The van der Waals surface area contributed by atoms with Crippen molar-refractivity contribution < 1.29 is 4.52 Å². The smallest absolute Gasteiger partial charge is 0.259 e. The molecule has 114 valence electrons. The molecule has 2 heterocycles. The molecule has 2 aromatic rings. The lowest BCUT2D eigenvalue weighted by molar-refractivity contribution is 0.190. The summed E-state index contributed by atoms with van der Waals surface area (Å²) >= 11 is 9.59. The molecule has 1 atom stereocenters. The number of nitrogens with zero attached hydrogens (tertiary/aromatic N) is 3. The Hall–Kier alpha value is -0.660. The molecule has 1 aromatic heterocycles. The Labute approximate surface area is 142 Å². The molecule has 1 aromatic carbocycles. The van der Waals surface area contributed by atoms with Crippen molar-refractivity contribution in [3.63, 3.8) is 0 Å². The average molecular weight is 394 g/mol. The fourth-order valence-electron chi connectivity index (χ4n) is 2.24. The topological polar surface area (TPSA) is 54.2 Å². The maximum absolute atomic E-state index is 6.21. The SMILES string of the molecule is CN1CCNCC1c1noc(-c2ccc(Br)cc2Cl)n1.Cl. The summed E-state index contributed by atoms with van der Waals surface area (Å²) in [5.41, 5.74) is 0.750. The average Bonchev–Trinajstić information content (AvgIpc) is 2.88. The van der Waals surface area contributed by atoms with Gasteiger partial charge in [0.15, 0.2) is 5.82 Å². The van der Waals surface area contributed by atoms with E-state index in [9.17, 15) is 0 Å². The van der Waals surface area contributed by atoms with Gasteiger partial charge in [-0.05, 0) is 25.2 Å². The molecule has 21 heavy (non-hydrogen) atoms. The number of benzene rings is 1. The minimum Gasteiger partial charge on any atom is -0.334 e. The largest absolute Gasteiger partial charge is 0.334 e. The molecule has 0 saturated carbocycles. The minimum atomic E-state index is 0. The fraction of sp³-hybridized carbons (Fsp3) is 0.385. The normalized spacial score (nSPS) is 19.3. The summed E-state index contributed by atoms with van der Waals surface area (Å²) in [4.78, 5) is 6.70. The number of aromatic nitrogens is 2. The second-order valence-electron chi connectivity index (χ2n) is 4.78. The third-order valence-corrected chi connectivity index (χ3v) is 4.22. The van der Waals surface area contributed by atoms with E-state index >= 15 is 0 Å². The lowest BCUT2D eigenvalue weighted by Gasteiger charge is -2.30. The summed E-state index contributed by atoms with van der Waals surface area (Å²) in [5, 5.41) is 8.02. The molecule has 0 bridgehead atoms. The highest BCUT2D eigenvalue weighted by molar-refractivity contribution is 9.10. The van der Waals surface area contributed by atoms with Crippen LogP contribution in [0.1, 0.15) is 11.9 Å². The predicted molar refractivity (Wildman–Crippen MR) is 87.9 cm³/mol. The summed E-state index contributed by atoms with van der Waals surface area (Å²) in [6.45, 7) is 2.77. The third-order valence-electron chi connectivity index (χ3n) is 3.41. The van der Waals surface area contributed by atoms with Gasteiger partial charge in [-0.3, -0.25) is 4.90 Å². The molecule has 0 amide bonds. The Morgan fingerprint density at radius 2 is 2.29 bits per heavy atom. The van der Waals surface area contributed by atoms with Gasteiger partial charge in [0.1, 0.15) is 0 Å². The number of nitrogens with one attached hydrogen (secondary N) is 1. The Morgan fingerprint density at radius 1 is 1.48 bits per heavy atom. The first-order valence-electron chi connectivity index (χ1n) is 6.35. The van der Waals surface area contributed by atoms with Crippen LogP contribution in [-0.4, -0.2) is 41.7 Å². The molecular formula is C13H15BrCl2N4O. The molecule has 0 spiro atoms. The van der Waals surface area contributed by atoms with E-state index in [1.807, 2.05) is 18.2 Å². The number of rotatable bonds is 2. The fourth-order valence-corrected chi connectivity index (χ4v) is 2.99. The molecule has 1 fully saturated rings. The predicted octanol–water partition coefficient (Wildman–Crippen LogP) is 3.15. The Balaban J connectivity index is 0.00000161. The molecule has 8 heteroatoms. The molecule has 0 radical (unpaired) electrons. The first-order valence-corrected chi connectivity index (χ1v) is 7.52. The van der Waals surface area contributed by atoms with E-state index in [1.54, 1.807) is 0 Å². The van der Waals surface area contributed by atoms with Crippen LogP contribution >= 0.6 is 39.9 Å². The van der Waals surface area contributed by atoms with E-state index in [0.29, 0.717) is 16.7 Å². The van der Waals surface area contributed by atoms with Gasteiger partial charge >= 0.3 is 0 Å². The number of piperazine rings is 1. The maximum Gasteiger partial charge on any atom is 0.259 e. The zero-order valence-electron chi connectivity index (χ0n) is 11.3. The van der Waals surface area contributed by atoms with Gasteiger partial charge in [-0.2, -0.15) is 4.98 Å². The zero-order valence-corrected chi connectivity index (χ0v) is 14.5. The Morgan fingerprint density at radius 3 is 3.00 bits per heavy atom. The van der Waals surface area contributed by atoms with E-state index in [2.05, 4.69) is 43.3 Å². The van der Waals surface area contributed by atoms with Crippen molar-refractivity contribution in [2.75, 3.05) is 26.7 Å². The van der Waals surface area contributed by atoms with Crippen molar-refractivity contribution in [2.45, 2.75) is 6.04 Å². The van der Waals surface area contributed by atoms with Crippen molar-refractivity contribution in [2.24, 2.45) is 0 Å². The van der Waals surface area contributed by atoms with Crippen molar-refractivity contribution in [3.8, 4) is 11.5 Å². The standard InChI is InChI=1S/C13H14BrClN4O.ClH/c1-19-5-4-16-7-11(19)12-17-13(20-18-12)9-3-2-8(14)6-10(9)15;/h2-3,6,11,16H,4-5,7H2,1H3;1H. The van der Waals surface area contributed by atoms with Crippen LogP contribution in [0, 0.1) is 0 Å². The van der Waals surface area contributed by atoms with Crippen LogP contribution in [0.4, 0.5) is 0 Å². The summed E-state index contributed by atoms with van der Waals surface area (Å²) in [6, 6.07) is 5.72. The van der Waals surface area contributed by atoms with Gasteiger partial charge in [-0.1, -0.05) is 32.7 Å². The Kier molecular flexibility index (Phi) is 5.62. The highest BCUT2D eigenvalue weighted by Gasteiger charge is 2.25. The number of halogens is 3. The molecule has 5 nitrogen and oxygen atoms in total. The van der Waals surface area contributed by atoms with Crippen LogP contribution in [0.25, 0.3) is 11.5 Å². The summed E-state index contributed by atoms with van der Waals surface area (Å²) in [6.07, 6.45) is 0. The van der Waals surface area contributed by atoms with E-state index in [0.717, 1.165) is 29.7 Å². The summed E-state index contributed by atoms with van der Waals surface area (Å²) in [5.74, 6) is 1.14. The quantitative estimate of drug-likeness (QED) is 0.849. The van der Waals surface area contributed by atoms with Crippen molar-refractivity contribution in [3.05, 3.63) is 33.5 Å². The van der Waals surface area contributed by atoms with Gasteiger partial charge in [-0.25, -0.2) is 0 Å². The number of hydrogen-bond acceptors (Lipinski definition) is 5. The van der Waals surface area contributed by atoms with Crippen LogP contribution in [0.5, 0.6) is 0 Å². The third kappa shape index (κ3) is 3.57. The van der Waals surface area contributed by atoms with Gasteiger partial charge in [-0.15, -0.1) is 12.4 Å². The van der Waals surface area contributed by atoms with Crippen molar-refractivity contribution in [1.82, 2.24) is 20.4 Å². The highest BCUT2D eigenvalue weighted by Crippen LogP contribution is 2.30. The molecule has 1 aliphatic heterocycles. The van der Waals surface area contributed by atoms with E-state index < -0.39 is 0 Å². The lowest BCUT2D eigenvalue weighted by atomic mass is 10.2. The molecule has 3 rings (SSSR count). The lowest BCUT2D eigenvalue weighted by Crippen LogP contribution is -2.44. The van der Waals surface area contributed by atoms with Gasteiger partial charge in [0, 0.05) is 24.1 Å². The van der Waals surface area contributed by atoms with Crippen molar-refractivity contribution >= 4 is 39.9 Å². The Bertz CT molecular complexity index is 622. The maximum atomic E-state index is 6.21. The molecule has 0 aliphatic carbocycles. The summed E-state index contributed by atoms with van der Waals surface area (Å²) < 4.78 is 6.28. The van der Waals surface area contributed by atoms with Crippen LogP contribution in [0.3, 0.4) is 0 Å². The second-order valence-corrected chi connectivity index (χ2v) is 6.11. The van der Waals surface area contributed by atoms with Crippen LogP contribution in [0.2, 0.25) is 5.02 Å². The molecule has 1 N–H and O–H groups in total. The minimum absolute atomic E-state index is 0. The summed E-state index contributed by atoms with van der Waals surface area (Å²) in [7, 11) is 2.06. The van der Waals surface area contributed by atoms with E-state index in [-0.39, 0.29) is 18.4 Å². The molecular weight excluding hydrogens is 379 g/mol. The van der Waals surface area contributed by atoms with Gasteiger partial charge in [0.2, 0.25) is 0 Å². The molecule has 1 unspecified atom stereocenters. The molecule has 1 saturated heterocycles. The monoisotopic (exact) mass is 392 g/mol. The van der Waals surface area contributed by atoms with Crippen LogP contribution in [-0.2, 0) is 0 Å². The van der Waals surface area contributed by atoms with Gasteiger partial charge < -0.3 is 9.84 Å². The second kappa shape index (κ2) is 7.07. The van der Waals surface area contributed by atoms with Gasteiger partial charge in [0.05, 0.1) is 16.6 Å². The molecule has 1 aliphatic rings. The zero-order chi connectivity index (χ0) is 14.1. The first-order chi connectivity index (χ1) is 9.65. The first kappa shape index (κ1) is 16.7. The van der Waals surface area contributed by atoms with Crippen LogP contribution < -0.4 is 5.32 Å².